The van der Waals surface area contributed by atoms with E-state index in [0.29, 0.717) is 49.3 Å². The van der Waals surface area contributed by atoms with Crippen LogP contribution in [0.1, 0.15) is 31.4 Å². The van der Waals surface area contributed by atoms with Crippen molar-refractivity contribution in [3.63, 3.8) is 0 Å². The van der Waals surface area contributed by atoms with Crippen molar-refractivity contribution in [1.82, 2.24) is 14.8 Å². The Labute approximate surface area is 272 Å². The van der Waals surface area contributed by atoms with Crippen molar-refractivity contribution in [1.29, 1.82) is 0 Å². The van der Waals surface area contributed by atoms with E-state index in [9.17, 15) is 26.4 Å². The third kappa shape index (κ3) is 11.1. The Balaban J connectivity index is 1.36. The number of aliphatic imine (C=N–C) groups is 1. The number of halogens is 3. The summed E-state index contributed by atoms with van der Waals surface area (Å²) in [4.78, 5) is 18.6. The number of carbonyl (C=O) groups excluding carboxylic acids is 1. The number of guanidine groups is 1. The van der Waals surface area contributed by atoms with Crippen LogP contribution in [-0.4, -0.2) is 87.5 Å². The number of hydrogen-bond donors (Lipinski definition) is 5. The molecule has 0 bridgehead atoms. The lowest BCUT2D eigenvalue weighted by molar-refractivity contribution is -0.140. The quantitative estimate of drug-likeness (QED) is 0.0801. The maximum atomic E-state index is 13.6. The zero-order chi connectivity index (χ0) is 34.0. The van der Waals surface area contributed by atoms with Crippen molar-refractivity contribution in [2.24, 2.45) is 16.5 Å². The molecule has 15 heteroatoms. The fourth-order valence-corrected chi connectivity index (χ4v) is 5.98. The molecule has 1 amide bonds. The molecule has 1 saturated heterocycles. The predicted molar refractivity (Wildman–Crippen MR) is 179 cm³/mol. The van der Waals surface area contributed by atoms with E-state index in [1.165, 1.54) is 16.7 Å². The van der Waals surface area contributed by atoms with Crippen molar-refractivity contribution in [2.45, 2.75) is 49.3 Å². The number of likely N-dealkylation sites (tertiary alicyclic amines) is 1. The summed E-state index contributed by atoms with van der Waals surface area (Å²) in [5.74, 6) is 5.79. The molecular weight excluding hydrogens is 633 g/mol. The van der Waals surface area contributed by atoms with Gasteiger partial charge in [0.05, 0.1) is 29.2 Å². The Morgan fingerprint density at radius 2 is 1.81 bits per heavy atom. The second kappa shape index (κ2) is 15.9. The average Bonchev–Trinajstić information content (AvgIpc) is 3.34. The average molecular weight is 675 g/mol. The highest BCUT2D eigenvalue weighted by Crippen LogP contribution is 2.31. The molecular formula is C32H41F3N8O3S. The lowest BCUT2D eigenvalue weighted by Crippen LogP contribution is -2.44. The summed E-state index contributed by atoms with van der Waals surface area (Å²) in [7, 11) is -3.32. The number of anilines is 2. The molecule has 7 N–H and O–H groups in total. The molecule has 2 heterocycles. The molecule has 0 saturated carbocycles. The molecule has 0 radical (unpaired) electrons. The Kier molecular flexibility index (Phi) is 12.0. The number of unbranched alkanes of at least 4 members (excludes halogenated alkanes) is 1. The van der Waals surface area contributed by atoms with Gasteiger partial charge in [-0.3, -0.25) is 14.7 Å². The van der Waals surface area contributed by atoms with E-state index < -0.39 is 22.6 Å². The first-order valence-electron chi connectivity index (χ1n) is 15.3. The number of benzene rings is 2. The standard InChI is InChI=1S/C32H41F3N8O3S/c1-47(45,46)26-11-9-23(10-12-26)38-17-5-6-25-20-27-28(7-4-8-29(27)43(25)22-32(33,34)35)41-24-13-18-42(19-14-24)21-30(44)39-15-2-3-16-40-31(36)37/h4,7-12,20,24,38,41H,2-3,13-19,21-22H2,1H3,(H,39,44)(H4,36,37,40). The van der Waals surface area contributed by atoms with Gasteiger partial charge in [-0.05, 0) is 74.1 Å². The topological polar surface area (TPSA) is 160 Å². The molecule has 254 valence electrons. The molecule has 1 aromatic heterocycles. The summed E-state index contributed by atoms with van der Waals surface area (Å²) in [5.41, 5.74) is 12.6. The third-order valence-corrected chi connectivity index (χ3v) is 8.81. The number of nitrogens with zero attached hydrogens (tertiary/aromatic N) is 3. The molecule has 1 aliphatic heterocycles. The van der Waals surface area contributed by atoms with Gasteiger partial charge < -0.3 is 32.0 Å². The van der Waals surface area contributed by atoms with E-state index in [0.717, 1.165) is 37.6 Å². The first-order chi connectivity index (χ1) is 22.3. The van der Waals surface area contributed by atoms with Crippen molar-refractivity contribution >= 4 is 44.0 Å². The number of rotatable bonds is 13. The number of alkyl halides is 3. The zero-order valence-corrected chi connectivity index (χ0v) is 27.1. The van der Waals surface area contributed by atoms with Crippen molar-refractivity contribution < 1.29 is 26.4 Å². The van der Waals surface area contributed by atoms with E-state index in [1.807, 2.05) is 6.07 Å². The Morgan fingerprint density at radius 3 is 2.47 bits per heavy atom. The molecule has 2 aromatic carbocycles. The van der Waals surface area contributed by atoms with E-state index in [-0.39, 0.29) is 35.0 Å². The third-order valence-electron chi connectivity index (χ3n) is 7.68. The zero-order valence-electron chi connectivity index (χ0n) is 26.2. The van der Waals surface area contributed by atoms with Crippen LogP contribution in [0.3, 0.4) is 0 Å². The van der Waals surface area contributed by atoms with E-state index in [1.54, 1.807) is 30.3 Å². The molecule has 3 aromatic rings. The number of nitrogens with two attached hydrogens (primary N) is 2. The molecule has 0 unspecified atom stereocenters. The highest BCUT2D eigenvalue weighted by Gasteiger charge is 2.30. The first kappa shape index (κ1) is 35.4. The number of aromatic nitrogens is 1. The van der Waals surface area contributed by atoms with Gasteiger partial charge in [-0.2, -0.15) is 13.2 Å². The summed E-state index contributed by atoms with van der Waals surface area (Å²) >= 11 is 0. The largest absolute Gasteiger partial charge is 0.406 e. The normalized spacial score (nSPS) is 14.3. The first-order valence-corrected chi connectivity index (χ1v) is 17.2. The summed E-state index contributed by atoms with van der Waals surface area (Å²) in [6.07, 6.45) is -0.226. The maximum absolute atomic E-state index is 13.6. The summed E-state index contributed by atoms with van der Waals surface area (Å²) in [5, 5.41) is 10.1. The molecule has 0 spiro atoms. The van der Waals surface area contributed by atoms with Gasteiger partial charge in [0.1, 0.15) is 6.54 Å². The molecule has 47 heavy (non-hydrogen) atoms. The highest BCUT2D eigenvalue weighted by atomic mass is 32.2. The fourth-order valence-electron chi connectivity index (χ4n) is 5.35. The predicted octanol–water partition coefficient (Wildman–Crippen LogP) is 3.12. The van der Waals surface area contributed by atoms with Gasteiger partial charge in [0.25, 0.3) is 0 Å². The molecule has 0 atom stereocenters. The van der Waals surface area contributed by atoms with Crippen LogP contribution >= 0.6 is 0 Å². The van der Waals surface area contributed by atoms with Crippen LogP contribution < -0.4 is 27.4 Å². The molecule has 4 rings (SSSR count). The number of carbonyl (C=O) groups is 1. The number of nitrogens with one attached hydrogen (secondary N) is 3. The van der Waals surface area contributed by atoms with E-state index in [2.05, 4.69) is 37.7 Å². The van der Waals surface area contributed by atoms with Crippen molar-refractivity contribution in [3.8, 4) is 11.8 Å². The summed E-state index contributed by atoms with van der Waals surface area (Å²) in [6.45, 7) is 1.77. The van der Waals surface area contributed by atoms with Crippen LogP contribution in [0.4, 0.5) is 24.5 Å². The van der Waals surface area contributed by atoms with Gasteiger partial charge in [-0.1, -0.05) is 12.0 Å². The molecule has 0 aliphatic carbocycles. The Bertz CT molecular complexity index is 1720. The van der Waals surface area contributed by atoms with Crippen molar-refractivity contribution in [3.05, 3.63) is 54.2 Å². The lowest BCUT2D eigenvalue weighted by Gasteiger charge is -2.32. The minimum absolute atomic E-state index is 0.0392. The van der Waals surface area contributed by atoms with Gasteiger partial charge in [0.2, 0.25) is 5.91 Å². The van der Waals surface area contributed by atoms with Crippen molar-refractivity contribution in [2.75, 3.05) is 56.2 Å². The smallest absolute Gasteiger partial charge is 0.382 e. The van der Waals surface area contributed by atoms with Gasteiger partial charge >= 0.3 is 6.18 Å². The molecule has 1 fully saturated rings. The number of hydrogen-bond acceptors (Lipinski definition) is 7. The fraction of sp³-hybridized carbons (Fsp3) is 0.438. The van der Waals surface area contributed by atoms with Crippen LogP contribution in [-0.2, 0) is 21.2 Å². The monoisotopic (exact) mass is 674 g/mol. The van der Waals surface area contributed by atoms with Crippen LogP contribution in [0.2, 0.25) is 0 Å². The van der Waals surface area contributed by atoms with Gasteiger partial charge in [-0.25, -0.2) is 8.42 Å². The number of sulfone groups is 1. The SMILES string of the molecule is CS(=O)(=O)c1ccc(NCC#Cc2cc3c(NC4CCN(CC(=O)NCCCCN=C(N)N)CC4)cccc3n2CC(F)(F)F)cc1. The lowest BCUT2D eigenvalue weighted by atomic mass is 10.0. The van der Waals surface area contributed by atoms with Gasteiger partial charge in [0.15, 0.2) is 15.8 Å². The Hall–Kier alpha value is -4.42. The summed E-state index contributed by atoms with van der Waals surface area (Å²) in [6, 6.07) is 13.2. The van der Waals surface area contributed by atoms with Crippen LogP contribution in [0.25, 0.3) is 10.9 Å². The van der Waals surface area contributed by atoms with Crippen LogP contribution in [0, 0.1) is 11.8 Å². The van der Waals surface area contributed by atoms with E-state index in [4.69, 9.17) is 11.5 Å². The van der Waals surface area contributed by atoms with Crippen LogP contribution in [0.5, 0.6) is 0 Å². The second-order valence-corrected chi connectivity index (χ2v) is 13.5. The van der Waals surface area contributed by atoms with E-state index >= 15 is 0 Å². The molecule has 1 aliphatic rings. The van der Waals surface area contributed by atoms with Gasteiger partial charge in [0, 0.05) is 55.2 Å². The second-order valence-electron chi connectivity index (χ2n) is 11.5. The number of fused-ring (bicyclic) bond motifs is 1. The Morgan fingerprint density at radius 1 is 1.09 bits per heavy atom. The minimum atomic E-state index is -4.45. The number of piperidine rings is 1. The summed E-state index contributed by atoms with van der Waals surface area (Å²) < 4.78 is 65.3. The molecule has 11 nitrogen and oxygen atoms in total. The minimum Gasteiger partial charge on any atom is -0.382 e. The number of amides is 1. The highest BCUT2D eigenvalue weighted by molar-refractivity contribution is 7.90. The van der Waals surface area contributed by atoms with Crippen LogP contribution in [0.15, 0.2) is 58.4 Å². The maximum Gasteiger partial charge on any atom is 0.406 e. The van der Waals surface area contributed by atoms with Gasteiger partial charge in [-0.15, -0.1) is 0 Å².